The van der Waals surface area contributed by atoms with Gasteiger partial charge in [-0.25, -0.2) is 9.97 Å². The summed E-state index contributed by atoms with van der Waals surface area (Å²) in [7, 11) is 1.77. The van der Waals surface area contributed by atoms with E-state index in [9.17, 15) is 0 Å². The fourth-order valence-electron chi connectivity index (χ4n) is 2.59. The smallest absolute Gasteiger partial charge is 0.229 e. The lowest BCUT2D eigenvalue weighted by Crippen LogP contribution is -2.44. The molecule has 1 aromatic heterocycles. The van der Waals surface area contributed by atoms with Crippen molar-refractivity contribution in [3.8, 4) is 0 Å². The Labute approximate surface area is 137 Å². The molecule has 2 heterocycles. The molecule has 1 fully saturated rings. The van der Waals surface area contributed by atoms with E-state index in [-0.39, 0.29) is 0 Å². The van der Waals surface area contributed by atoms with Gasteiger partial charge in [0, 0.05) is 31.5 Å². The second-order valence-electron chi connectivity index (χ2n) is 5.78. The van der Waals surface area contributed by atoms with Crippen LogP contribution in [-0.2, 0) is 0 Å². The number of hydrogen-bond acceptors (Lipinski definition) is 3. The van der Waals surface area contributed by atoms with E-state index in [2.05, 4.69) is 37.4 Å². The lowest BCUT2D eigenvalue weighted by Gasteiger charge is -2.33. The highest BCUT2D eigenvalue weighted by Crippen LogP contribution is 2.16. The minimum absolute atomic E-state index is 0.449. The molecule has 0 radical (unpaired) electrons. The lowest BCUT2D eigenvalue weighted by atomic mass is 10.0. The molecule has 120 valence electrons. The Kier molecular flexibility index (Phi) is 5.65. The van der Waals surface area contributed by atoms with Gasteiger partial charge in [-0.3, -0.25) is 5.32 Å². The second-order valence-corrected chi connectivity index (χ2v) is 6.17. The van der Waals surface area contributed by atoms with Gasteiger partial charge in [0.1, 0.15) is 0 Å². The standard InChI is InChI=1S/C15H24N6S/c1-10-6-5-7-21(9-10)14(20-15(22)16-4)19-13-17-11(2)8-12(3)18-13/h8,10H,5-7,9H2,1-4H3,(H2,16,17,18,19,20,22). The summed E-state index contributed by atoms with van der Waals surface area (Å²) >= 11 is 5.19. The fraction of sp³-hybridized carbons (Fsp3) is 0.600. The van der Waals surface area contributed by atoms with E-state index in [1.165, 1.54) is 6.42 Å². The zero-order chi connectivity index (χ0) is 16.1. The third-order valence-electron chi connectivity index (χ3n) is 3.58. The van der Waals surface area contributed by atoms with E-state index in [0.29, 0.717) is 17.0 Å². The Morgan fingerprint density at radius 2 is 2.05 bits per heavy atom. The molecule has 0 amide bonds. The number of anilines is 1. The molecule has 2 rings (SSSR count). The van der Waals surface area contributed by atoms with Gasteiger partial charge in [-0.15, -0.1) is 0 Å². The number of piperidine rings is 1. The maximum atomic E-state index is 5.19. The summed E-state index contributed by atoms with van der Waals surface area (Å²) in [6.45, 7) is 8.10. The normalized spacial score (nSPS) is 19.0. The Morgan fingerprint density at radius 3 is 2.64 bits per heavy atom. The SMILES string of the molecule is CNC(=S)/N=C(/Nc1nc(C)cc(C)n1)N1CCCC(C)C1. The van der Waals surface area contributed by atoms with Crippen molar-refractivity contribution in [2.24, 2.45) is 10.9 Å². The van der Waals surface area contributed by atoms with Crippen LogP contribution in [0.1, 0.15) is 31.2 Å². The van der Waals surface area contributed by atoms with Gasteiger partial charge in [-0.2, -0.15) is 4.99 Å². The molecule has 0 aromatic carbocycles. The monoisotopic (exact) mass is 320 g/mol. The van der Waals surface area contributed by atoms with E-state index in [1.807, 2.05) is 19.9 Å². The van der Waals surface area contributed by atoms with Crippen LogP contribution in [0.2, 0.25) is 0 Å². The first-order valence-corrected chi connectivity index (χ1v) is 8.03. The Hall–Kier alpha value is -1.76. The van der Waals surface area contributed by atoms with Crippen LogP contribution in [0.3, 0.4) is 0 Å². The predicted molar refractivity (Wildman–Crippen MR) is 94.2 cm³/mol. The van der Waals surface area contributed by atoms with E-state index >= 15 is 0 Å². The molecule has 2 N–H and O–H groups in total. The average molecular weight is 320 g/mol. The number of guanidine groups is 1. The van der Waals surface area contributed by atoms with Gasteiger partial charge in [0.2, 0.25) is 11.9 Å². The molecule has 1 aromatic rings. The first-order chi connectivity index (χ1) is 10.5. The van der Waals surface area contributed by atoms with Crippen molar-refractivity contribution in [2.45, 2.75) is 33.6 Å². The summed E-state index contributed by atoms with van der Waals surface area (Å²) in [5, 5.41) is 6.58. The summed E-state index contributed by atoms with van der Waals surface area (Å²) in [6, 6.07) is 1.95. The quantitative estimate of drug-likeness (QED) is 0.469. The van der Waals surface area contributed by atoms with Gasteiger partial charge in [-0.1, -0.05) is 6.92 Å². The molecule has 0 bridgehead atoms. The van der Waals surface area contributed by atoms with Crippen molar-refractivity contribution in [1.82, 2.24) is 20.2 Å². The van der Waals surface area contributed by atoms with Gasteiger partial charge < -0.3 is 10.2 Å². The molecule has 7 heteroatoms. The maximum Gasteiger partial charge on any atom is 0.229 e. The van der Waals surface area contributed by atoms with E-state index in [1.54, 1.807) is 7.05 Å². The van der Waals surface area contributed by atoms with Crippen molar-refractivity contribution in [1.29, 1.82) is 0 Å². The number of nitrogens with zero attached hydrogens (tertiary/aromatic N) is 4. The molecule has 1 aliphatic rings. The van der Waals surface area contributed by atoms with Gasteiger partial charge in [0.05, 0.1) is 0 Å². The largest absolute Gasteiger partial charge is 0.364 e. The zero-order valence-corrected chi connectivity index (χ0v) is 14.5. The van der Waals surface area contributed by atoms with Gasteiger partial charge >= 0.3 is 0 Å². The van der Waals surface area contributed by atoms with Gasteiger partial charge in [0.15, 0.2) is 5.11 Å². The second kappa shape index (κ2) is 7.49. The number of thiocarbonyl (C=S) groups is 1. The number of aromatic nitrogens is 2. The van der Waals surface area contributed by atoms with E-state index in [0.717, 1.165) is 36.9 Å². The van der Waals surface area contributed by atoms with Crippen LogP contribution in [0.15, 0.2) is 11.1 Å². The lowest BCUT2D eigenvalue weighted by molar-refractivity contribution is 0.273. The molecule has 1 atom stereocenters. The average Bonchev–Trinajstić information content (AvgIpc) is 2.45. The number of rotatable bonds is 1. The van der Waals surface area contributed by atoms with E-state index < -0.39 is 0 Å². The Bertz CT molecular complexity index is 551. The summed E-state index contributed by atoms with van der Waals surface area (Å²) in [4.78, 5) is 15.6. The first kappa shape index (κ1) is 16.6. The number of aryl methyl sites for hydroxylation is 2. The Balaban J connectivity index is 2.24. The highest BCUT2D eigenvalue weighted by molar-refractivity contribution is 7.80. The van der Waals surface area contributed by atoms with Crippen LogP contribution in [0, 0.1) is 19.8 Å². The molecule has 0 spiro atoms. The zero-order valence-electron chi connectivity index (χ0n) is 13.7. The van der Waals surface area contributed by atoms with Crippen molar-refractivity contribution in [3.63, 3.8) is 0 Å². The number of nitrogens with one attached hydrogen (secondary N) is 2. The van der Waals surface area contributed by atoms with E-state index in [4.69, 9.17) is 12.2 Å². The van der Waals surface area contributed by atoms with Crippen LogP contribution < -0.4 is 10.6 Å². The first-order valence-electron chi connectivity index (χ1n) is 7.62. The summed E-state index contributed by atoms with van der Waals surface area (Å²) in [6.07, 6.45) is 2.40. The van der Waals surface area contributed by atoms with Crippen molar-refractivity contribution >= 4 is 29.2 Å². The van der Waals surface area contributed by atoms with Crippen LogP contribution in [0.4, 0.5) is 5.95 Å². The van der Waals surface area contributed by atoms with Gasteiger partial charge in [-0.05, 0) is 50.9 Å². The molecular formula is C15H24N6S. The van der Waals surface area contributed by atoms with Crippen LogP contribution in [0.5, 0.6) is 0 Å². The molecule has 1 aliphatic heterocycles. The Morgan fingerprint density at radius 1 is 1.36 bits per heavy atom. The number of hydrogen-bond donors (Lipinski definition) is 2. The molecule has 0 aliphatic carbocycles. The summed E-state index contributed by atoms with van der Waals surface area (Å²) in [5.74, 6) is 1.92. The molecule has 6 nitrogen and oxygen atoms in total. The predicted octanol–water partition coefficient (Wildman–Crippen LogP) is 2.10. The minimum Gasteiger partial charge on any atom is -0.364 e. The van der Waals surface area contributed by atoms with Crippen molar-refractivity contribution in [2.75, 3.05) is 25.5 Å². The van der Waals surface area contributed by atoms with Crippen LogP contribution in [0.25, 0.3) is 0 Å². The molecular weight excluding hydrogens is 296 g/mol. The number of likely N-dealkylation sites (tertiary alicyclic amines) is 1. The highest BCUT2D eigenvalue weighted by atomic mass is 32.1. The third kappa shape index (κ3) is 4.62. The minimum atomic E-state index is 0.449. The van der Waals surface area contributed by atoms with Crippen LogP contribution in [-0.4, -0.2) is 46.1 Å². The van der Waals surface area contributed by atoms with Crippen molar-refractivity contribution < 1.29 is 0 Å². The molecule has 1 saturated heterocycles. The molecule has 0 saturated carbocycles. The van der Waals surface area contributed by atoms with Crippen LogP contribution >= 0.6 is 12.2 Å². The summed E-state index contributed by atoms with van der Waals surface area (Å²) in [5.41, 5.74) is 1.86. The van der Waals surface area contributed by atoms with Gasteiger partial charge in [0.25, 0.3) is 0 Å². The van der Waals surface area contributed by atoms with Crippen molar-refractivity contribution in [3.05, 3.63) is 17.5 Å². The molecule has 22 heavy (non-hydrogen) atoms. The highest BCUT2D eigenvalue weighted by Gasteiger charge is 2.21. The topological polar surface area (TPSA) is 65.4 Å². The summed E-state index contributed by atoms with van der Waals surface area (Å²) < 4.78 is 0. The number of aliphatic imine (C=N–C) groups is 1. The third-order valence-corrected chi connectivity index (χ3v) is 3.88. The molecule has 1 unspecified atom stereocenters. The fourth-order valence-corrected chi connectivity index (χ4v) is 2.68. The maximum absolute atomic E-state index is 5.19.